The molecular formula is C12H14FNO4. The van der Waals surface area contributed by atoms with Crippen molar-refractivity contribution in [2.75, 3.05) is 26.4 Å². The summed E-state index contributed by atoms with van der Waals surface area (Å²) in [7, 11) is 0. The molecule has 0 saturated carbocycles. The second-order valence-corrected chi connectivity index (χ2v) is 3.94. The summed E-state index contributed by atoms with van der Waals surface area (Å²) in [5.41, 5.74) is -0.107. The largest absolute Gasteiger partial charge is 0.508 e. The second kappa shape index (κ2) is 5.79. The number of hydrogen-bond acceptors (Lipinski definition) is 4. The highest BCUT2D eigenvalue weighted by atomic mass is 19.1. The molecule has 1 amide bonds. The summed E-state index contributed by atoms with van der Waals surface area (Å²) in [6, 6.07) is 3.39. The quantitative estimate of drug-likeness (QED) is 0.833. The molecule has 0 aromatic heterocycles. The summed E-state index contributed by atoms with van der Waals surface area (Å²) < 4.78 is 23.9. The zero-order valence-electron chi connectivity index (χ0n) is 9.69. The molecule has 18 heavy (non-hydrogen) atoms. The number of aromatic hydroxyl groups is 1. The summed E-state index contributed by atoms with van der Waals surface area (Å²) >= 11 is 0. The van der Waals surface area contributed by atoms with Gasteiger partial charge in [0.2, 0.25) is 0 Å². The lowest BCUT2D eigenvalue weighted by molar-refractivity contribution is -0.0855. The van der Waals surface area contributed by atoms with Crippen molar-refractivity contribution in [2.45, 2.75) is 6.10 Å². The molecule has 98 valence electrons. The normalized spacial score (nSPS) is 19.5. The molecule has 1 unspecified atom stereocenters. The number of hydrogen-bond donors (Lipinski definition) is 2. The predicted octanol–water partition coefficient (Wildman–Crippen LogP) is 0.676. The highest BCUT2D eigenvalue weighted by molar-refractivity contribution is 5.94. The first-order valence-corrected chi connectivity index (χ1v) is 5.63. The number of amides is 1. The average molecular weight is 255 g/mol. The van der Waals surface area contributed by atoms with Gasteiger partial charge in [0, 0.05) is 12.6 Å². The second-order valence-electron chi connectivity index (χ2n) is 3.94. The number of rotatable bonds is 3. The third-order valence-electron chi connectivity index (χ3n) is 2.57. The fraction of sp³-hybridized carbons (Fsp3) is 0.417. The van der Waals surface area contributed by atoms with E-state index in [1.54, 1.807) is 0 Å². The number of halogens is 1. The van der Waals surface area contributed by atoms with Crippen LogP contribution in [0.4, 0.5) is 4.39 Å². The lowest BCUT2D eigenvalue weighted by atomic mass is 10.2. The van der Waals surface area contributed by atoms with E-state index in [2.05, 4.69) is 5.32 Å². The van der Waals surface area contributed by atoms with Crippen LogP contribution in [0.3, 0.4) is 0 Å². The summed E-state index contributed by atoms with van der Waals surface area (Å²) in [5, 5.41) is 11.6. The van der Waals surface area contributed by atoms with Gasteiger partial charge in [-0.15, -0.1) is 0 Å². The van der Waals surface area contributed by atoms with Gasteiger partial charge in [-0.05, 0) is 12.1 Å². The first kappa shape index (κ1) is 12.8. The van der Waals surface area contributed by atoms with Gasteiger partial charge in [0.15, 0.2) is 0 Å². The smallest absolute Gasteiger partial charge is 0.254 e. The van der Waals surface area contributed by atoms with Crippen LogP contribution in [0.2, 0.25) is 0 Å². The van der Waals surface area contributed by atoms with Gasteiger partial charge in [-0.2, -0.15) is 0 Å². The molecule has 0 aliphatic carbocycles. The summed E-state index contributed by atoms with van der Waals surface area (Å²) in [6.45, 7) is 1.72. The van der Waals surface area contributed by atoms with Gasteiger partial charge in [-0.1, -0.05) is 0 Å². The molecule has 0 spiro atoms. The molecule has 1 heterocycles. The minimum absolute atomic E-state index is 0.107. The van der Waals surface area contributed by atoms with Gasteiger partial charge < -0.3 is 19.9 Å². The van der Waals surface area contributed by atoms with E-state index < -0.39 is 11.7 Å². The Kier molecular flexibility index (Phi) is 4.11. The summed E-state index contributed by atoms with van der Waals surface area (Å²) in [4.78, 5) is 11.7. The molecule has 1 aromatic carbocycles. The Balaban J connectivity index is 1.90. The summed E-state index contributed by atoms with van der Waals surface area (Å²) in [6.07, 6.45) is -0.206. The van der Waals surface area contributed by atoms with Crippen LogP contribution in [0.25, 0.3) is 0 Å². The molecule has 6 heteroatoms. The topological polar surface area (TPSA) is 67.8 Å². The number of benzene rings is 1. The molecule has 1 saturated heterocycles. The highest BCUT2D eigenvalue weighted by Gasteiger charge is 2.17. The van der Waals surface area contributed by atoms with E-state index in [0.29, 0.717) is 19.8 Å². The van der Waals surface area contributed by atoms with Crippen molar-refractivity contribution in [1.82, 2.24) is 5.32 Å². The number of phenolic OH excluding ortho intramolecular Hbond substituents is 1. The Morgan fingerprint density at radius 3 is 3.00 bits per heavy atom. The van der Waals surface area contributed by atoms with Crippen LogP contribution in [-0.2, 0) is 9.47 Å². The van der Waals surface area contributed by atoms with Crippen LogP contribution in [-0.4, -0.2) is 43.5 Å². The van der Waals surface area contributed by atoms with Gasteiger partial charge in [0.05, 0.1) is 31.5 Å². The van der Waals surface area contributed by atoms with E-state index in [9.17, 15) is 9.18 Å². The van der Waals surface area contributed by atoms with Gasteiger partial charge in [0.25, 0.3) is 5.91 Å². The molecule has 1 aliphatic rings. The number of carbonyl (C=O) groups is 1. The molecule has 2 N–H and O–H groups in total. The van der Waals surface area contributed by atoms with E-state index in [-0.39, 0.29) is 24.0 Å². The first-order valence-electron chi connectivity index (χ1n) is 5.63. The predicted molar refractivity (Wildman–Crippen MR) is 61.0 cm³/mol. The third-order valence-corrected chi connectivity index (χ3v) is 2.57. The molecule has 1 aromatic rings. The van der Waals surface area contributed by atoms with Crippen LogP contribution >= 0.6 is 0 Å². The maximum absolute atomic E-state index is 13.4. The van der Waals surface area contributed by atoms with Crippen LogP contribution in [0, 0.1) is 5.82 Å². The van der Waals surface area contributed by atoms with Crippen molar-refractivity contribution in [3.8, 4) is 5.75 Å². The molecule has 1 atom stereocenters. The van der Waals surface area contributed by atoms with Crippen molar-refractivity contribution < 1.29 is 23.8 Å². The third kappa shape index (κ3) is 3.18. The van der Waals surface area contributed by atoms with Crippen molar-refractivity contribution in [2.24, 2.45) is 0 Å². The van der Waals surface area contributed by atoms with Crippen LogP contribution in [0.15, 0.2) is 18.2 Å². The summed E-state index contributed by atoms with van der Waals surface area (Å²) in [5.74, 6) is -1.51. The average Bonchev–Trinajstić information content (AvgIpc) is 2.37. The first-order chi connectivity index (χ1) is 8.66. The van der Waals surface area contributed by atoms with Crippen molar-refractivity contribution in [3.05, 3.63) is 29.6 Å². The minimum Gasteiger partial charge on any atom is -0.508 e. The molecule has 5 nitrogen and oxygen atoms in total. The lowest BCUT2D eigenvalue weighted by Gasteiger charge is -2.23. The molecule has 0 bridgehead atoms. The van der Waals surface area contributed by atoms with Crippen molar-refractivity contribution in [3.63, 3.8) is 0 Å². The Bertz CT molecular complexity index is 432. The Labute approximate surface area is 104 Å². The van der Waals surface area contributed by atoms with Crippen molar-refractivity contribution >= 4 is 5.91 Å². The maximum atomic E-state index is 13.4. The van der Waals surface area contributed by atoms with Gasteiger partial charge in [-0.25, -0.2) is 4.39 Å². The lowest BCUT2D eigenvalue weighted by Crippen LogP contribution is -2.39. The fourth-order valence-electron chi connectivity index (χ4n) is 1.64. The monoisotopic (exact) mass is 255 g/mol. The Morgan fingerprint density at radius 2 is 2.33 bits per heavy atom. The zero-order chi connectivity index (χ0) is 13.0. The molecule has 1 aliphatic heterocycles. The van der Waals surface area contributed by atoms with Crippen LogP contribution in [0.5, 0.6) is 5.75 Å². The van der Waals surface area contributed by atoms with E-state index in [1.165, 1.54) is 12.1 Å². The number of phenols is 1. The van der Waals surface area contributed by atoms with Gasteiger partial charge >= 0.3 is 0 Å². The number of ether oxygens (including phenoxy) is 2. The maximum Gasteiger partial charge on any atom is 0.254 e. The van der Waals surface area contributed by atoms with Crippen molar-refractivity contribution in [1.29, 1.82) is 0 Å². The SMILES string of the molecule is O=C(NCC1COCCO1)c1ccc(O)cc1F. The van der Waals surface area contributed by atoms with E-state index >= 15 is 0 Å². The molecular weight excluding hydrogens is 241 g/mol. The van der Waals surface area contributed by atoms with Crippen LogP contribution < -0.4 is 5.32 Å². The number of nitrogens with one attached hydrogen (secondary N) is 1. The highest BCUT2D eigenvalue weighted by Crippen LogP contribution is 2.14. The van der Waals surface area contributed by atoms with E-state index in [4.69, 9.17) is 14.6 Å². The number of carbonyl (C=O) groups excluding carboxylic acids is 1. The standard InChI is InChI=1S/C12H14FNO4/c13-11-5-8(15)1-2-10(11)12(16)14-6-9-7-17-3-4-18-9/h1-2,5,9,15H,3-4,6-7H2,(H,14,16). The van der Waals surface area contributed by atoms with E-state index in [0.717, 1.165) is 6.07 Å². The van der Waals surface area contributed by atoms with Crippen LogP contribution in [0.1, 0.15) is 10.4 Å². The van der Waals surface area contributed by atoms with Gasteiger partial charge in [0.1, 0.15) is 11.6 Å². The fourth-order valence-corrected chi connectivity index (χ4v) is 1.64. The molecule has 2 rings (SSSR count). The Hall–Kier alpha value is -1.66. The molecule has 0 radical (unpaired) electrons. The van der Waals surface area contributed by atoms with Gasteiger partial charge in [-0.3, -0.25) is 4.79 Å². The van der Waals surface area contributed by atoms with E-state index in [1.807, 2.05) is 0 Å². The minimum atomic E-state index is -0.756. The Morgan fingerprint density at radius 1 is 1.50 bits per heavy atom. The molecule has 1 fully saturated rings. The zero-order valence-corrected chi connectivity index (χ0v) is 9.69.